The van der Waals surface area contributed by atoms with Crippen LogP contribution in [-0.2, 0) is 11.4 Å². The highest BCUT2D eigenvalue weighted by molar-refractivity contribution is 6.00. The Morgan fingerprint density at radius 1 is 1.32 bits per heavy atom. The van der Waals surface area contributed by atoms with Gasteiger partial charge in [-0.15, -0.1) is 0 Å². The van der Waals surface area contributed by atoms with E-state index in [1.165, 1.54) is 0 Å². The number of amides is 1. The smallest absolute Gasteiger partial charge is 0.268 e. The zero-order valence-electron chi connectivity index (χ0n) is 13.0. The number of carbonyl (C=O) groups is 1. The second kappa shape index (κ2) is 7.47. The van der Waals surface area contributed by atoms with Crippen molar-refractivity contribution < 1.29 is 24.5 Å². The normalized spacial score (nSPS) is 17.2. The van der Waals surface area contributed by atoms with E-state index in [4.69, 9.17) is 14.6 Å². The molecule has 22 heavy (non-hydrogen) atoms. The molecule has 6 nitrogen and oxygen atoms in total. The quantitative estimate of drug-likeness (QED) is 0.797. The van der Waals surface area contributed by atoms with E-state index in [0.717, 1.165) is 0 Å². The molecule has 1 aromatic carbocycles. The zero-order valence-corrected chi connectivity index (χ0v) is 13.0. The van der Waals surface area contributed by atoms with Gasteiger partial charge in [0.05, 0.1) is 18.9 Å². The van der Waals surface area contributed by atoms with Crippen LogP contribution in [0.1, 0.15) is 32.3 Å². The summed E-state index contributed by atoms with van der Waals surface area (Å²) in [5, 5.41) is 18.5. The second-order valence-corrected chi connectivity index (χ2v) is 5.12. The van der Waals surface area contributed by atoms with Gasteiger partial charge in [0.25, 0.3) is 5.91 Å². The van der Waals surface area contributed by atoms with Crippen LogP contribution >= 0.6 is 0 Å². The average Bonchev–Trinajstić information content (AvgIpc) is 2.53. The predicted octanol–water partition coefficient (Wildman–Crippen LogP) is 1.46. The van der Waals surface area contributed by atoms with E-state index in [1.807, 2.05) is 13.8 Å². The van der Waals surface area contributed by atoms with E-state index < -0.39 is 6.10 Å². The van der Waals surface area contributed by atoms with E-state index in [2.05, 4.69) is 0 Å². The molecule has 0 bridgehead atoms. The van der Waals surface area contributed by atoms with Crippen LogP contribution in [0.2, 0.25) is 0 Å². The van der Waals surface area contributed by atoms with Gasteiger partial charge < -0.3 is 24.6 Å². The number of carbonyl (C=O) groups excluding carboxylic acids is 1. The highest BCUT2D eigenvalue weighted by Gasteiger charge is 2.35. The van der Waals surface area contributed by atoms with Crippen molar-refractivity contribution in [1.82, 2.24) is 0 Å². The third-order valence-corrected chi connectivity index (χ3v) is 3.58. The maximum Gasteiger partial charge on any atom is 0.268 e. The van der Waals surface area contributed by atoms with Crippen LogP contribution in [0, 0.1) is 0 Å². The monoisotopic (exact) mass is 309 g/mol. The number of ether oxygens (including phenoxy) is 2. The Labute approximate surface area is 130 Å². The fraction of sp³-hybridized carbons (Fsp3) is 0.562. The molecule has 6 heteroatoms. The highest BCUT2D eigenvalue weighted by atomic mass is 16.5. The fourth-order valence-corrected chi connectivity index (χ4v) is 2.52. The Balaban J connectivity index is 2.50. The van der Waals surface area contributed by atoms with Gasteiger partial charge >= 0.3 is 0 Å². The average molecular weight is 309 g/mol. The van der Waals surface area contributed by atoms with Gasteiger partial charge in [-0.05, 0) is 37.5 Å². The molecule has 1 aliphatic rings. The molecule has 1 atom stereocenters. The fourth-order valence-electron chi connectivity index (χ4n) is 2.52. The van der Waals surface area contributed by atoms with E-state index in [-0.39, 0.29) is 19.1 Å². The summed E-state index contributed by atoms with van der Waals surface area (Å²) >= 11 is 0. The molecule has 0 saturated carbocycles. The number of hydrogen-bond acceptors (Lipinski definition) is 5. The standard InChI is InChI=1S/C16H23NO5/c1-3-13-16(20)17(6-5-7-18)12-8-11(10-19)9-14(21-4-2)15(12)22-13/h8-9,13,18-19H,3-7,10H2,1-2H3. The molecule has 0 saturated heterocycles. The van der Waals surface area contributed by atoms with Crippen LogP contribution in [0.5, 0.6) is 11.5 Å². The van der Waals surface area contributed by atoms with Crippen LogP contribution in [0.3, 0.4) is 0 Å². The molecule has 2 rings (SSSR count). The first-order chi connectivity index (χ1) is 10.7. The summed E-state index contributed by atoms with van der Waals surface area (Å²) in [6.45, 7) is 4.49. The number of anilines is 1. The van der Waals surface area contributed by atoms with Gasteiger partial charge in [0.1, 0.15) is 0 Å². The van der Waals surface area contributed by atoms with Crippen molar-refractivity contribution in [2.24, 2.45) is 0 Å². The van der Waals surface area contributed by atoms with Crippen LogP contribution in [-0.4, -0.2) is 42.0 Å². The minimum atomic E-state index is -0.551. The highest BCUT2D eigenvalue weighted by Crippen LogP contribution is 2.43. The Hall–Kier alpha value is -1.79. The van der Waals surface area contributed by atoms with E-state index in [1.54, 1.807) is 17.0 Å². The Kier molecular flexibility index (Phi) is 5.63. The number of aliphatic hydroxyl groups is 2. The molecule has 1 unspecified atom stereocenters. The van der Waals surface area contributed by atoms with Gasteiger partial charge in [0.2, 0.25) is 0 Å². The van der Waals surface area contributed by atoms with Crippen molar-refractivity contribution in [3.8, 4) is 11.5 Å². The van der Waals surface area contributed by atoms with Crippen LogP contribution in [0.25, 0.3) is 0 Å². The van der Waals surface area contributed by atoms with Gasteiger partial charge in [-0.1, -0.05) is 6.92 Å². The lowest BCUT2D eigenvalue weighted by molar-refractivity contribution is -0.126. The molecule has 0 aliphatic carbocycles. The lowest BCUT2D eigenvalue weighted by atomic mass is 10.1. The molecule has 0 spiro atoms. The van der Waals surface area contributed by atoms with Crippen LogP contribution in [0.4, 0.5) is 5.69 Å². The number of hydrogen-bond donors (Lipinski definition) is 2. The van der Waals surface area contributed by atoms with Crippen molar-refractivity contribution in [2.45, 2.75) is 39.4 Å². The minimum absolute atomic E-state index is 0.00870. The Bertz CT molecular complexity index is 532. The molecule has 1 aliphatic heterocycles. The number of fused-ring (bicyclic) bond motifs is 1. The lowest BCUT2D eigenvalue weighted by Gasteiger charge is -2.35. The van der Waals surface area contributed by atoms with Crippen LogP contribution < -0.4 is 14.4 Å². The van der Waals surface area contributed by atoms with Crippen molar-refractivity contribution in [3.63, 3.8) is 0 Å². The summed E-state index contributed by atoms with van der Waals surface area (Å²) in [5.74, 6) is 0.938. The van der Waals surface area contributed by atoms with Crippen LogP contribution in [0.15, 0.2) is 12.1 Å². The molecule has 2 N–H and O–H groups in total. The molecule has 0 radical (unpaired) electrons. The van der Waals surface area contributed by atoms with Gasteiger partial charge in [-0.3, -0.25) is 4.79 Å². The second-order valence-electron chi connectivity index (χ2n) is 5.12. The molecule has 1 heterocycles. The lowest BCUT2D eigenvalue weighted by Crippen LogP contribution is -2.46. The first-order valence-electron chi connectivity index (χ1n) is 7.65. The molecule has 1 amide bonds. The molecule has 122 valence electrons. The van der Waals surface area contributed by atoms with Gasteiger partial charge in [-0.2, -0.15) is 0 Å². The molecular formula is C16H23NO5. The van der Waals surface area contributed by atoms with Crippen molar-refractivity contribution in [2.75, 3.05) is 24.7 Å². The minimum Gasteiger partial charge on any atom is -0.490 e. The van der Waals surface area contributed by atoms with Crippen molar-refractivity contribution in [1.29, 1.82) is 0 Å². The first kappa shape index (κ1) is 16.6. The summed E-state index contributed by atoms with van der Waals surface area (Å²) in [4.78, 5) is 14.1. The van der Waals surface area contributed by atoms with Gasteiger partial charge in [0.15, 0.2) is 17.6 Å². The molecule has 0 aromatic heterocycles. The van der Waals surface area contributed by atoms with E-state index >= 15 is 0 Å². The number of aliphatic hydroxyl groups excluding tert-OH is 2. The maximum absolute atomic E-state index is 12.5. The SMILES string of the molecule is CCOc1cc(CO)cc2c1OC(CC)C(=O)N2CCCO. The number of rotatable bonds is 7. The summed E-state index contributed by atoms with van der Waals surface area (Å²) < 4.78 is 11.4. The summed E-state index contributed by atoms with van der Waals surface area (Å²) in [6.07, 6.45) is 0.487. The zero-order chi connectivity index (χ0) is 16.1. The van der Waals surface area contributed by atoms with Crippen molar-refractivity contribution in [3.05, 3.63) is 17.7 Å². The Morgan fingerprint density at radius 3 is 2.68 bits per heavy atom. The molecule has 1 aromatic rings. The molecule has 0 fully saturated rings. The predicted molar refractivity (Wildman–Crippen MR) is 82.3 cm³/mol. The number of nitrogens with zero attached hydrogens (tertiary/aromatic N) is 1. The topological polar surface area (TPSA) is 79.2 Å². The number of benzene rings is 1. The summed E-state index contributed by atoms with van der Waals surface area (Å²) in [7, 11) is 0. The summed E-state index contributed by atoms with van der Waals surface area (Å²) in [5.41, 5.74) is 1.25. The third-order valence-electron chi connectivity index (χ3n) is 3.58. The maximum atomic E-state index is 12.5. The molecular weight excluding hydrogens is 286 g/mol. The van der Waals surface area contributed by atoms with Crippen molar-refractivity contribution >= 4 is 11.6 Å². The largest absolute Gasteiger partial charge is 0.490 e. The summed E-state index contributed by atoms with van der Waals surface area (Å²) in [6, 6.07) is 3.47. The Morgan fingerprint density at radius 2 is 2.09 bits per heavy atom. The first-order valence-corrected chi connectivity index (χ1v) is 7.65. The van der Waals surface area contributed by atoms with Gasteiger partial charge in [0, 0.05) is 13.2 Å². The third kappa shape index (κ3) is 3.18. The van der Waals surface area contributed by atoms with E-state index in [0.29, 0.717) is 48.7 Å². The van der Waals surface area contributed by atoms with Gasteiger partial charge in [-0.25, -0.2) is 0 Å². The van der Waals surface area contributed by atoms with E-state index in [9.17, 15) is 9.90 Å².